The van der Waals surface area contributed by atoms with Crippen LogP contribution >= 0.6 is 0 Å². The Morgan fingerprint density at radius 1 is 1.20 bits per heavy atom. The van der Waals surface area contributed by atoms with E-state index in [1.54, 1.807) is 0 Å². The van der Waals surface area contributed by atoms with Gasteiger partial charge in [0.15, 0.2) is 0 Å². The fourth-order valence-corrected chi connectivity index (χ4v) is 4.78. The number of hydrogen-bond donors (Lipinski definition) is 2. The summed E-state index contributed by atoms with van der Waals surface area (Å²) >= 11 is 0. The van der Waals surface area contributed by atoms with Gasteiger partial charge >= 0.3 is 5.97 Å². The third kappa shape index (κ3) is 4.97. The zero-order valence-electron chi connectivity index (χ0n) is 16.5. The van der Waals surface area contributed by atoms with E-state index >= 15 is 0 Å². The first kappa shape index (κ1) is 20.7. The summed E-state index contributed by atoms with van der Waals surface area (Å²) in [6.45, 7) is 8.98. The molecular weight excluding hydrogens is 316 g/mol. The van der Waals surface area contributed by atoms with E-state index in [0.29, 0.717) is 31.3 Å². The Morgan fingerprint density at radius 2 is 1.92 bits per heavy atom. The Balaban J connectivity index is 1.79. The van der Waals surface area contributed by atoms with Crippen LogP contribution in [0.2, 0.25) is 0 Å². The van der Waals surface area contributed by atoms with Crippen molar-refractivity contribution in [2.75, 3.05) is 6.61 Å². The molecule has 2 N–H and O–H groups in total. The lowest BCUT2D eigenvalue weighted by Crippen LogP contribution is -2.41. The van der Waals surface area contributed by atoms with Gasteiger partial charge in [0, 0.05) is 0 Å². The smallest absolute Gasteiger partial charge is 0.308 e. The van der Waals surface area contributed by atoms with Crippen LogP contribution in [0.3, 0.4) is 0 Å². The maximum Gasteiger partial charge on any atom is 0.308 e. The molecule has 0 saturated heterocycles. The molecule has 2 aliphatic carbocycles. The van der Waals surface area contributed by atoms with Gasteiger partial charge in [-0.25, -0.2) is 0 Å². The largest absolute Gasteiger partial charge is 0.465 e. The maximum atomic E-state index is 12.5. The summed E-state index contributed by atoms with van der Waals surface area (Å²) in [6, 6.07) is 0. The predicted molar refractivity (Wildman–Crippen MR) is 99.0 cm³/mol. The summed E-state index contributed by atoms with van der Waals surface area (Å²) in [6.07, 6.45) is 6.34. The topological polar surface area (TPSA) is 66.8 Å². The number of esters is 1. The van der Waals surface area contributed by atoms with Gasteiger partial charge in [0.1, 0.15) is 0 Å². The molecule has 25 heavy (non-hydrogen) atoms. The van der Waals surface area contributed by atoms with Crippen molar-refractivity contribution in [3.05, 3.63) is 0 Å². The molecule has 2 saturated carbocycles. The molecular formula is C21H38O4. The van der Waals surface area contributed by atoms with Crippen LogP contribution in [0.5, 0.6) is 0 Å². The van der Waals surface area contributed by atoms with E-state index in [0.717, 1.165) is 38.5 Å². The summed E-state index contributed by atoms with van der Waals surface area (Å²) in [5.74, 6) is 1.03. The first-order valence-electron chi connectivity index (χ1n) is 10.3. The van der Waals surface area contributed by atoms with Crippen molar-refractivity contribution in [2.24, 2.45) is 29.1 Å². The minimum Gasteiger partial charge on any atom is -0.465 e. The predicted octanol–water partition coefficient (Wildman–Crippen LogP) is 3.93. The minimum atomic E-state index is -0.312. The van der Waals surface area contributed by atoms with Gasteiger partial charge in [0.05, 0.1) is 24.7 Å². The quantitative estimate of drug-likeness (QED) is 0.709. The molecule has 2 fully saturated rings. The Kier molecular flexibility index (Phi) is 7.33. The fourth-order valence-electron chi connectivity index (χ4n) is 4.78. The van der Waals surface area contributed by atoms with E-state index in [-0.39, 0.29) is 35.4 Å². The van der Waals surface area contributed by atoms with Crippen LogP contribution in [0.4, 0.5) is 0 Å². The third-order valence-corrected chi connectivity index (χ3v) is 7.26. The highest BCUT2D eigenvalue weighted by Gasteiger charge is 2.41. The second-order valence-electron chi connectivity index (χ2n) is 8.93. The number of carbonyl (C=O) groups excluding carboxylic acids is 1. The SMILES string of the molecule is CCC(C)C1CCC(COC(=O)C2CCC(O)C(C)(CC)C2)CC1O. The zero-order chi connectivity index (χ0) is 18.6. The van der Waals surface area contributed by atoms with E-state index in [4.69, 9.17) is 4.74 Å². The van der Waals surface area contributed by atoms with Crippen LogP contribution < -0.4 is 0 Å². The highest BCUT2D eigenvalue weighted by molar-refractivity contribution is 5.72. The Hall–Kier alpha value is -0.610. The average molecular weight is 355 g/mol. The van der Waals surface area contributed by atoms with Crippen molar-refractivity contribution in [1.29, 1.82) is 0 Å². The summed E-state index contributed by atoms with van der Waals surface area (Å²) in [7, 11) is 0. The highest BCUT2D eigenvalue weighted by Crippen LogP contribution is 2.42. The molecule has 0 amide bonds. The summed E-state index contributed by atoms with van der Waals surface area (Å²) in [5.41, 5.74) is -0.174. The van der Waals surface area contributed by atoms with E-state index in [2.05, 4.69) is 27.7 Å². The molecule has 146 valence electrons. The van der Waals surface area contributed by atoms with Crippen LogP contribution in [0.15, 0.2) is 0 Å². The van der Waals surface area contributed by atoms with Gasteiger partial charge < -0.3 is 14.9 Å². The van der Waals surface area contributed by atoms with Crippen LogP contribution in [-0.2, 0) is 9.53 Å². The van der Waals surface area contributed by atoms with Crippen molar-refractivity contribution >= 4 is 5.97 Å². The van der Waals surface area contributed by atoms with Gasteiger partial charge in [-0.3, -0.25) is 4.79 Å². The van der Waals surface area contributed by atoms with Crippen molar-refractivity contribution in [3.8, 4) is 0 Å². The lowest BCUT2D eigenvalue weighted by Gasteiger charge is -2.41. The van der Waals surface area contributed by atoms with Gasteiger partial charge in [-0.05, 0) is 68.1 Å². The second kappa shape index (κ2) is 8.85. The van der Waals surface area contributed by atoms with Crippen LogP contribution in [-0.4, -0.2) is 35.0 Å². The molecule has 0 heterocycles. The van der Waals surface area contributed by atoms with E-state index < -0.39 is 0 Å². The molecule has 7 atom stereocenters. The molecule has 4 nitrogen and oxygen atoms in total. The minimum absolute atomic E-state index is 0.0882. The molecule has 4 heteroatoms. The maximum absolute atomic E-state index is 12.5. The number of ether oxygens (including phenoxy) is 1. The van der Waals surface area contributed by atoms with Crippen molar-refractivity contribution < 1.29 is 19.7 Å². The second-order valence-corrected chi connectivity index (χ2v) is 8.93. The monoisotopic (exact) mass is 354 g/mol. The molecule has 7 unspecified atom stereocenters. The molecule has 0 radical (unpaired) electrons. The molecule has 0 bridgehead atoms. The number of aliphatic hydroxyl groups excluding tert-OH is 2. The molecule has 0 aromatic heterocycles. The van der Waals surface area contributed by atoms with Crippen LogP contribution in [0.25, 0.3) is 0 Å². The molecule has 0 spiro atoms. The lowest BCUT2D eigenvalue weighted by molar-refractivity contribution is -0.156. The number of carbonyl (C=O) groups is 1. The molecule has 2 aliphatic rings. The lowest BCUT2D eigenvalue weighted by atomic mass is 9.67. The number of hydrogen-bond acceptors (Lipinski definition) is 4. The fraction of sp³-hybridized carbons (Fsp3) is 0.952. The normalized spacial score (nSPS) is 40.5. The number of rotatable bonds is 6. The Morgan fingerprint density at radius 3 is 2.52 bits per heavy atom. The number of aliphatic hydroxyl groups is 2. The van der Waals surface area contributed by atoms with Crippen molar-refractivity contribution in [1.82, 2.24) is 0 Å². The highest BCUT2D eigenvalue weighted by atomic mass is 16.5. The Labute approximate surface area is 153 Å². The standard InChI is InChI=1S/C21H38O4/c1-5-14(3)17-9-7-15(11-18(17)22)13-25-20(24)16-8-10-19(23)21(4,6-2)12-16/h14-19,22-23H,5-13H2,1-4H3. The van der Waals surface area contributed by atoms with Gasteiger partial charge in [-0.15, -0.1) is 0 Å². The summed E-state index contributed by atoms with van der Waals surface area (Å²) in [5, 5.41) is 20.6. The zero-order valence-corrected chi connectivity index (χ0v) is 16.5. The van der Waals surface area contributed by atoms with Gasteiger partial charge in [0.25, 0.3) is 0 Å². The molecule has 0 aliphatic heterocycles. The first-order chi connectivity index (χ1) is 11.8. The molecule has 2 rings (SSSR count). The third-order valence-electron chi connectivity index (χ3n) is 7.26. The summed E-state index contributed by atoms with van der Waals surface area (Å²) < 4.78 is 5.63. The first-order valence-corrected chi connectivity index (χ1v) is 10.3. The Bertz CT molecular complexity index is 438. The van der Waals surface area contributed by atoms with E-state index in [9.17, 15) is 15.0 Å². The summed E-state index contributed by atoms with van der Waals surface area (Å²) in [4.78, 5) is 12.5. The van der Waals surface area contributed by atoms with Gasteiger partial charge in [-0.1, -0.05) is 34.1 Å². The van der Waals surface area contributed by atoms with Gasteiger partial charge in [-0.2, -0.15) is 0 Å². The molecule has 0 aromatic rings. The van der Waals surface area contributed by atoms with Gasteiger partial charge in [0.2, 0.25) is 0 Å². The van der Waals surface area contributed by atoms with Crippen molar-refractivity contribution in [3.63, 3.8) is 0 Å². The van der Waals surface area contributed by atoms with Crippen LogP contribution in [0, 0.1) is 29.1 Å². The van der Waals surface area contributed by atoms with E-state index in [1.165, 1.54) is 0 Å². The molecule has 0 aromatic carbocycles. The average Bonchev–Trinajstić information content (AvgIpc) is 2.61. The van der Waals surface area contributed by atoms with E-state index in [1.807, 2.05) is 0 Å². The van der Waals surface area contributed by atoms with Crippen molar-refractivity contribution in [2.45, 2.75) is 91.3 Å². The van der Waals surface area contributed by atoms with Crippen LogP contribution in [0.1, 0.15) is 79.1 Å².